The van der Waals surface area contributed by atoms with Crippen LogP contribution in [0.3, 0.4) is 0 Å². The topological polar surface area (TPSA) is 12.0 Å². The molecule has 0 saturated carbocycles. The van der Waals surface area contributed by atoms with Gasteiger partial charge in [-0.2, -0.15) is 0 Å². The van der Waals surface area contributed by atoms with Gasteiger partial charge in [0.2, 0.25) is 0 Å². The first-order valence-corrected chi connectivity index (χ1v) is 7.67. The summed E-state index contributed by atoms with van der Waals surface area (Å²) in [6.07, 6.45) is 0. The Morgan fingerprint density at radius 2 is 1.84 bits per heavy atom. The van der Waals surface area contributed by atoms with Crippen LogP contribution in [0.1, 0.15) is 16.7 Å². The molecule has 2 rings (SSSR count). The van der Waals surface area contributed by atoms with Gasteiger partial charge in [0.15, 0.2) is 0 Å². The monoisotopic (exact) mass is 291 g/mol. The van der Waals surface area contributed by atoms with Gasteiger partial charge in [0.05, 0.1) is 0 Å². The van der Waals surface area contributed by atoms with Crippen LogP contribution < -0.4 is 5.32 Å². The third-order valence-corrected chi connectivity index (χ3v) is 4.32. The maximum absolute atomic E-state index is 6.24. The molecule has 0 atom stereocenters. The van der Waals surface area contributed by atoms with Crippen LogP contribution in [0.5, 0.6) is 0 Å². The Kier molecular flexibility index (Phi) is 5.32. The van der Waals surface area contributed by atoms with Crippen LogP contribution in [0, 0.1) is 6.92 Å². The molecule has 0 saturated heterocycles. The van der Waals surface area contributed by atoms with Crippen molar-refractivity contribution in [2.24, 2.45) is 0 Å². The molecular weight excluding hydrogens is 274 g/mol. The van der Waals surface area contributed by atoms with Crippen LogP contribution in [-0.4, -0.2) is 7.05 Å². The quantitative estimate of drug-likeness (QED) is 0.804. The van der Waals surface area contributed by atoms with Gasteiger partial charge < -0.3 is 5.32 Å². The van der Waals surface area contributed by atoms with E-state index in [0.29, 0.717) is 0 Å². The van der Waals surface area contributed by atoms with E-state index in [4.69, 9.17) is 11.6 Å². The van der Waals surface area contributed by atoms with E-state index in [1.54, 1.807) is 0 Å². The van der Waals surface area contributed by atoms with Crippen LogP contribution in [-0.2, 0) is 12.3 Å². The Labute approximate surface area is 124 Å². The number of hydrogen-bond donors (Lipinski definition) is 1. The van der Waals surface area contributed by atoms with E-state index >= 15 is 0 Å². The molecule has 0 aromatic heterocycles. The molecule has 0 spiro atoms. The van der Waals surface area contributed by atoms with Gasteiger partial charge in [-0.15, -0.1) is 11.8 Å². The highest BCUT2D eigenvalue weighted by Gasteiger charge is 2.02. The maximum atomic E-state index is 6.24. The van der Waals surface area contributed by atoms with Crippen LogP contribution >= 0.6 is 23.4 Å². The highest BCUT2D eigenvalue weighted by molar-refractivity contribution is 7.98. The highest BCUT2D eigenvalue weighted by atomic mass is 35.5. The van der Waals surface area contributed by atoms with E-state index in [-0.39, 0.29) is 0 Å². The normalized spacial score (nSPS) is 10.7. The average Bonchev–Trinajstić information content (AvgIpc) is 2.40. The van der Waals surface area contributed by atoms with Crippen LogP contribution in [0.15, 0.2) is 47.4 Å². The smallest absolute Gasteiger partial charge is 0.0449 e. The Balaban J connectivity index is 1.98. The maximum Gasteiger partial charge on any atom is 0.0449 e. The van der Waals surface area contributed by atoms with Crippen molar-refractivity contribution in [2.75, 3.05) is 7.05 Å². The first kappa shape index (κ1) is 14.4. The Hall–Kier alpha value is -0.960. The molecule has 19 heavy (non-hydrogen) atoms. The first-order valence-electron chi connectivity index (χ1n) is 6.30. The highest BCUT2D eigenvalue weighted by Crippen LogP contribution is 2.27. The van der Waals surface area contributed by atoms with Crippen LogP contribution in [0.25, 0.3) is 0 Å². The summed E-state index contributed by atoms with van der Waals surface area (Å²) in [5.74, 6) is 0.907. The van der Waals surface area contributed by atoms with Crippen LogP contribution in [0.4, 0.5) is 0 Å². The van der Waals surface area contributed by atoms with E-state index in [0.717, 1.165) is 17.3 Å². The number of hydrogen-bond acceptors (Lipinski definition) is 2. The van der Waals surface area contributed by atoms with E-state index in [9.17, 15) is 0 Å². The SMILES string of the molecule is CNCc1ccc(SCc2ccc(C)cc2Cl)cc1. The molecule has 0 radical (unpaired) electrons. The molecular formula is C16H18ClNS. The van der Waals surface area contributed by atoms with Gasteiger partial charge in [0.25, 0.3) is 0 Å². The molecule has 0 aliphatic carbocycles. The molecule has 1 nitrogen and oxygen atoms in total. The fourth-order valence-corrected chi connectivity index (χ4v) is 3.12. The van der Waals surface area contributed by atoms with E-state index in [2.05, 4.69) is 48.6 Å². The zero-order chi connectivity index (χ0) is 13.7. The average molecular weight is 292 g/mol. The number of aryl methyl sites for hydroxylation is 1. The fraction of sp³-hybridized carbons (Fsp3) is 0.250. The van der Waals surface area contributed by atoms with Gasteiger partial charge in [-0.25, -0.2) is 0 Å². The number of benzene rings is 2. The number of nitrogens with one attached hydrogen (secondary N) is 1. The fourth-order valence-electron chi connectivity index (χ4n) is 1.84. The zero-order valence-electron chi connectivity index (χ0n) is 11.2. The molecule has 2 aromatic rings. The molecule has 0 aliphatic heterocycles. The first-order chi connectivity index (χ1) is 9.19. The van der Waals surface area contributed by atoms with E-state index in [1.807, 2.05) is 24.9 Å². The Morgan fingerprint density at radius 1 is 1.11 bits per heavy atom. The lowest BCUT2D eigenvalue weighted by molar-refractivity contribution is 0.817. The largest absolute Gasteiger partial charge is 0.316 e. The van der Waals surface area contributed by atoms with Crippen molar-refractivity contribution in [3.05, 3.63) is 64.2 Å². The lowest BCUT2D eigenvalue weighted by Crippen LogP contribution is -2.04. The second kappa shape index (κ2) is 6.99. The van der Waals surface area contributed by atoms with E-state index in [1.165, 1.54) is 21.6 Å². The summed E-state index contributed by atoms with van der Waals surface area (Å²) < 4.78 is 0. The number of thioether (sulfide) groups is 1. The second-order valence-corrected chi connectivity index (χ2v) is 6.01. The van der Waals surface area contributed by atoms with Crippen molar-refractivity contribution in [1.29, 1.82) is 0 Å². The Morgan fingerprint density at radius 3 is 2.47 bits per heavy atom. The number of halogens is 1. The summed E-state index contributed by atoms with van der Waals surface area (Å²) in [5, 5.41) is 4.01. The van der Waals surface area contributed by atoms with Crippen molar-refractivity contribution in [3.8, 4) is 0 Å². The van der Waals surface area contributed by atoms with Crippen molar-refractivity contribution in [1.82, 2.24) is 5.32 Å². The molecule has 100 valence electrons. The predicted octanol–water partition coefficient (Wildman–Crippen LogP) is 4.66. The van der Waals surface area contributed by atoms with Crippen molar-refractivity contribution in [3.63, 3.8) is 0 Å². The molecule has 0 aliphatic rings. The molecule has 0 heterocycles. The van der Waals surface area contributed by atoms with Gasteiger partial charge in [0.1, 0.15) is 0 Å². The second-order valence-electron chi connectivity index (χ2n) is 4.56. The van der Waals surface area contributed by atoms with Gasteiger partial charge in [0, 0.05) is 22.2 Å². The summed E-state index contributed by atoms with van der Waals surface area (Å²) in [6, 6.07) is 14.9. The molecule has 0 unspecified atom stereocenters. The Bertz CT molecular complexity index is 537. The lowest BCUT2D eigenvalue weighted by atomic mass is 10.2. The van der Waals surface area contributed by atoms with Crippen molar-refractivity contribution >= 4 is 23.4 Å². The summed E-state index contributed by atoms with van der Waals surface area (Å²) >= 11 is 8.06. The van der Waals surface area contributed by atoms with Crippen molar-refractivity contribution < 1.29 is 0 Å². The van der Waals surface area contributed by atoms with Crippen LogP contribution in [0.2, 0.25) is 5.02 Å². The molecule has 0 fully saturated rings. The van der Waals surface area contributed by atoms with Gasteiger partial charge in [-0.05, 0) is 48.9 Å². The summed E-state index contributed by atoms with van der Waals surface area (Å²) in [7, 11) is 1.96. The summed E-state index contributed by atoms with van der Waals surface area (Å²) in [4.78, 5) is 1.27. The minimum Gasteiger partial charge on any atom is -0.316 e. The van der Waals surface area contributed by atoms with Crippen molar-refractivity contribution in [2.45, 2.75) is 24.1 Å². The minimum absolute atomic E-state index is 0.860. The van der Waals surface area contributed by atoms with Gasteiger partial charge >= 0.3 is 0 Å². The lowest BCUT2D eigenvalue weighted by Gasteiger charge is -2.06. The molecule has 2 aromatic carbocycles. The minimum atomic E-state index is 0.860. The van der Waals surface area contributed by atoms with E-state index < -0.39 is 0 Å². The molecule has 0 amide bonds. The molecule has 0 bridgehead atoms. The van der Waals surface area contributed by atoms with Gasteiger partial charge in [-0.1, -0.05) is 35.9 Å². The summed E-state index contributed by atoms with van der Waals surface area (Å²) in [5.41, 5.74) is 3.70. The molecule has 3 heteroatoms. The van der Waals surface area contributed by atoms with Gasteiger partial charge in [-0.3, -0.25) is 0 Å². The number of rotatable bonds is 5. The zero-order valence-corrected chi connectivity index (χ0v) is 12.8. The predicted molar refractivity (Wildman–Crippen MR) is 85.0 cm³/mol. The third-order valence-electron chi connectivity index (χ3n) is 2.91. The standard InChI is InChI=1S/C16H18ClNS/c1-12-3-6-14(16(17)9-12)11-19-15-7-4-13(5-8-15)10-18-2/h3-9,18H,10-11H2,1-2H3. The third kappa shape index (κ3) is 4.27. The summed E-state index contributed by atoms with van der Waals surface area (Å²) in [6.45, 7) is 2.97. The molecule has 1 N–H and O–H groups in total.